The molecule has 242 valence electrons. The molecule has 0 saturated carbocycles. The van der Waals surface area contributed by atoms with Gasteiger partial charge in [-0.05, 0) is 12.1 Å². The molecule has 0 N–H and O–H groups in total. The van der Waals surface area contributed by atoms with Gasteiger partial charge < -0.3 is 0 Å². The van der Waals surface area contributed by atoms with Crippen LogP contribution in [0, 0.1) is 0 Å². The Morgan fingerprint density at radius 3 is 1.33 bits per heavy atom. The summed E-state index contributed by atoms with van der Waals surface area (Å²) in [6.07, 6.45) is -40.3. The second-order valence-electron chi connectivity index (χ2n) is 7.95. The normalized spacial score (nSPS) is 22.5. The third-order valence-electron chi connectivity index (χ3n) is 5.27. The van der Waals surface area contributed by atoms with Crippen LogP contribution in [0.1, 0.15) is 5.69 Å². The number of alkyl halides is 18. The fraction of sp³-hybridized carbons (Fsp3) is 0.444. The van der Waals surface area contributed by atoms with Crippen LogP contribution in [0.2, 0.25) is 0 Å². The molecule has 0 aromatic carbocycles. The first-order valence-electron chi connectivity index (χ1n) is 9.90. The molecular weight excluding hydrogens is 702 g/mol. The molecule has 0 atom stereocenters. The van der Waals surface area contributed by atoms with Gasteiger partial charge in [0.15, 0.2) is 5.17 Å². The summed E-state index contributed by atoms with van der Waals surface area (Å²) in [7, 11) is 0. The van der Waals surface area contributed by atoms with Crippen molar-refractivity contribution in [3.63, 3.8) is 0 Å². The lowest BCUT2D eigenvalue weighted by Gasteiger charge is -2.33. The Hall–Kier alpha value is -2.60. The van der Waals surface area contributed by atoms with Gasteiger partial charge in [0.1, 0.15) is 16.4 Å². The molecular formula is C18H3F20N3S2. The Labute approximate surface area is 230 Å². The summed E-state index contributed by atoms with van der Waals surface area (Å²) in [5, 5.41) is -3.97. The van der Waals surface area contributed by atoms with Gasteiger partial charge in [-0.2, -0.15) is 87.8 Å². The smallest absolute Gasteiger partial charge is 0.294 e. The van der Waals surface area contributed by atoms with Gasteiger partial charge in [-0.15, -0.1) is 0 Å². The van der Waals surface area contributed by atoms with E-state index in [9.17, 15) is 87.8 Å². The van der Waals surface area contributed by atoms with Crippen molar-refractivity contribution in [3.8, 4) is 0 Å². The van der Waals surface area contributed by atoms with Crippen molar-refractivity contribution in [2.75, 3.05) is 0 Å². The summed E-state index contributed by atoms with van der Waals surface area (Å²) >= 11 is -3.45. The van der Waals surface area contributed by atoms with Crippen LogP contribution in [0.4, 0.5) is 87.8 Å². The van der Waals surface area contributed by atoms with Gasteiger partial charge in [-0.25, -0.2) is 9.98 Å². The topological polar surface area (TPSA) is 29.6 Å². The zero-order valence-electron chi connectivity index (χ0n) is 18.9. The van der Waals surface area contributed by atoms with Crippen molar-refractivity contribution in [1.29, 1.82) is 0 Å². The zero-order chi connectivity index (χ0) is 33.6. The number of hydrogen-bond donors (Lipinski definition) is 0. The number of aromatic nitrogens is 1. The monoisotopic (exact) mass is 705 g/mol. The van der Waals surface area contributed by atoms with Crippen molar-refractivity contribution >= 4 is 33.7 Å². The minimum atomic E-state index is -6.86. The summed E-state index contributed by atoms with van der Waals surface area (Å²) < 4.78 is 258. The Bertz CT molecular complexity index is 1270. The average Bonchev–Trinajstić information content (AvgIpc) is 3.49. The Balaban J connectivity index is 2.37. The van der Waals surface area contributed by atoms with E-state index in [1.165, 1.54) is 0 Å². The first-order valence-corrected chi connectivity index (χ1v) is 11.5. The summed E-state index contributed by atoms with van der Waals surface area (Å²) in [5.74, 6) is -8.09. The van der Waals surface area contributed by atoms with Crippen LogP contribution >= 0.6 is 23.5 Å². The van der Waals surface area contributed by atoms with Gasteiger partial charge >= 0.3 is 37.1 Å². The number of hydrogen-bond acceptors (Lipinski definition) is 4. The molecule has 1 aromatic rings. The predicted molar refractivity (Wildman–Crippen MR) is 107 cm³/mol. The van der Waals surface area contributed by atoms with Crippen LogP contribution < -0.4 is 0 Å². The number of thioether (sulfide) groups is 2. The summed E-state index contributed by atoms with van der Waals surface area (Å²) in [6.45, 7) is 0. The lowest BCUT2D eigenvalue weighted by atomic mass is 10.0. The standard InChI is InChI=1S/C18H3F20N3S2/c19-5(13(21,22)23)7-11(15(27,28)29,16(30,31)32)42-9(39-7)4-2-1-3-41(4)10-40-8(6(20)14(24,25)26)12(43-10,17(33,34)35)18(36,37)38/h1-3H/b7-5+,8-6+. The Kier molecular flexibility index (Phi) is 8.08. The summed E-state index contributed by atoms with van der Waals surface area (Å²) in [4.78, 5) is 4.73. The van der Waals surface area contributed by atoms with Crippen molar-refractivity contribution in [3.05, 3.63) is 47.1 Å². The minimum absolute atomic E-state index is 0.181. The van der Waals surface area contributed by atoms with E-state index in [4.69, 9.17) is 0 Å². The van der Waals surface area contributed by atoms with Crippen LogP contribution in [-0.4, -0.2) is 61.3 Å². The van der Waals surface area contributed by atoms with E-state index in [-0.39, 0.29) is 16.8 Å². The molecule has 3 rings (SSSR count). The van der Waals surface area contributed by atoms with Crippen molar-refractivity contribution in [1.82, 2.24) is 4.57 Å². The fourth-order valence-corrected chi connectivity index (χ4v) is 5.77. The average molecular weight is 705 g/mol. The maximum absolute atomic E-state index is 14.0. The van der Waals surface area contributed by atoms with Gasteiger partial charge in [0.2, 0.25) is 11.7 Å². The van der Waals surface area contributed by atoms with Crippen molar-refractivity contribution < 1.29 is 87.8 Å². The predicted octanol–water partition coefficient (Wildman–Crippen LogP) is 9.15. The lowest BCUT2D eigenvalue weighted by Crippen LogP contribution is -2.55. The molecule has 0 radical (unpaired) electrons. The summed E-state index contributed by atoms with van der Waals surface area (Å²) in [5.41, 5.74) is -8.27. The Morgan fingerprint density at radius 2 is 0.953 bits per heavy atom. The molecule has 0 amide bonds. The molecule has 3 nitrogen and oxygen atoms in total. The summed E-state index contributed by atoms with van der Waals surface area (Å²) in [6, 6.07) is 0.641. The number of aliphatic imine (C=N–C) groups is 2. The molecule has 0 unspecified atom stereocenters. The van der Waals surface area contributed by atoms with Crippen LogP contribution in [-0.2, 0) is 0 Å². The molecule has 3 heterocycles. The molecule has 0 bridgehead atoms. The molecule has 0 saturated heterocycles. The molecule has 0 fully saturated rings. The fourth-order valence-electron chi connectivity index (χ4n) is 3.48. The molecule has 2 aliphatic rings. The number of rotatable bonds is 1. The zero-order valence-corrected chi connectivity index (χ0v) is 20.6. The minimum Gasteiger partial charge on any atom is -0.294 e. The van der Waals surface area contributed by atoms with Gasteiger partial charge in [0.25, 0.3) is 9.49 Å². The number of allylic oxidation sites excluding steroid dienone is 2. The third-order valence-corrected chi connectivity index (χ3v) is 8.16. The van der Waals surface area contributed by atoms with Crippen LogP contribution in [0.3, 0.4) is 0 Å². The molecule has 0 spiro atoms. The SMILES string of the molecule is F/C(=C1/N=C(c2cccn2C2=N/C(=C(/F)C(F)(F)F)C(C(F)(F)F)(C(F)(F)F)S2)SC1(C(F)(F)F)C(F)(F)F)C(F)(F)F. The van der Waals surface area contributed by atoms with E-state index in [1.807, 2.05) is 0 Å². The largest absolute Gasteiger partial charge is 0.444 e. The van der Waals surface area contributed by atoms with Gasteiger partial charge in [0.05, 0.1) is 5.69 Å². The molecule has 1 aromatic heterocycles. The highest BCUT2D eigenvalue weighted by atomic mass is 32.2. The van der Waals surface area contributed by atoms with Crippen molar-refractivity contribution in [2.24, 2.45) is 9.98 Å². The maximum atomic E-state index is 14.0. The highest BCUT2D eigenvalue weighted by Crippen LogP contribution is 2.64. The van der Waals surface area contributed by atoms with E-state index >= 15 is 0 Å². The van der Waals surface area contributed by atoms with Crippen LogP contribution in [0.15, 0.2) is 51.4 Å². The highest BCUT2D eigenvalue weighted by Gasteiger charge is 2.79. The molecule has 25 heteroatoms. The van der Waals surface area contributed by atoms with E-state index in [1.54, 1.807) is 0 Å². The van der Waals surface area contributed by atoms with Crippen molar-refractivity contribution in [2.45, 2.75) is 46.6 Å². The number of nitrogens with zero attached hydrogens (tertiary/aromatic N) is 3. The van der Waals surface area contributed by atoms with E-state index in [2.05, 4.69) is 9.98 Å². The van der Waals surface area contributed by atoms with Crippen LogP contribution in [0.25, 0.3) is 0 Å². The molecule has 43 heavy (non-hydrogen) atoms. The first-order chi connectivity index (χ1) is 18.9. The number of halogens is 20. The molecule has 2 aliphatic heterocycles. The molecule has 0 aliphatic carbocycles. The van der Waals surface area contributed by atoms with E-state index in [0.29, 0.717) is 6.07 Å². The quantitative estimate of drug-likeness (QED) is 0.273. The maximum Gasteiger partial charge on any atom is 0.444 e. The van der Waals surface area contributed by atoms with Gasteiger partial charge in [-0.1, -0.05) is 23.5 Å². The second kappa shape index (κ2) is 9.95. The van der Waals surface area contributed by atoms with Gasteiger partial charge in [-0.3, -0.25) is 4.57 Å². The Morgan fingerprint density at radius 1 is 0.581 bits per heavy atom. The van der Waals surface area contributed by atoms with Gasteiger partial charge in [0, 0.05) is 6.20 Å². The third kappa shape index (κ3) is 5.36. The van der Waals surface area contributed by atoms with E-state index < -0.39 is 109 Å². The van der Waals surface area contributed by atoms with E-state index in [0.717, 1.165) is 0 Å². The lowest BCUT2D eigenvalue weighted by molar-refractivity contribution is -0.255. The van der Waals surface area contributed by atoms with Crippen LogP contribution in [0.5, 0.6) is 0 Å². The second-order valence-corrected chi connectivity index (χ2v) is 10.3. The highest BCUT2D eigenvalue weighted by molar-refractivity contribution is 8.16. The first kappa shape index (κ1) is 34.9.